The van der Waals surface area contributed by atoms with Crippen molar-refractivity contribution in [3.63, 3.8) is 0 Å². The Labute approximate surface area is 81.0 Å². The first kappa shape index (κ1) is 8.80. The zero-order valence-electron chi connectivity index (χ0n) is 8.37. The van der Waals surface area contributed by atoms with Gasteiger partial charge >= 0.3 is 0 Å². The lowest BCUT2D eigenvalue weighted by Gasteiger charge is -1.98. The van der Waals surface area contributed by atoms with Gasteiger partial charge in [0.15, 0.2) is 0 Å². The minimum Gasteiger partial charge on any atom is -0.0654 e. The number of hydrogen-bond donors (Lipinski definition) is 0. The van der Waals surface area contributed by atoms with E-state index in [1.54, 1.807) is 5.56 Å². The lowest BCUT2D eigenvalue weighted by atomic mass is 10.1. The molecule has 0 spiro atoms. The highest BCUT2D eigenvalue weighted by atomic mass is 14.4. The molecule has 1 aromatic rings. The van der Waals surface area contributed by atoms with E-state index in [4.69, 9.17) is 0 Å². The molecule has 0 amide bonds. The van der Waals surface area contributed by atoms with Crippen molar-refractivity contribution in [3.8, 4) is 0 Å². The van der Waals surface area contributed by atoms with E-state index in [1.165, 1.54) is 25.7 Å². The molecule has 2 atom stereocenters. The standard InChI is InChI=1S/C13H18/c1-2-3-7-12-10-13(12)11-8-5-4-6-9-11/h4-6,8-9,12-13H,2-3,7,10H2,1H3/t12-,13+/m1/s1. The van der Waals surface area contributed by atoms with Crippen LogP contribution in [0.4, 0.5) is 0 Å². The fourth-order valence-electron chi connectivity index (χ4n) is 2.14. The van der Waals surface area contributed by atoms with E-state index < -0.39 is 0 Å². The number of hydrogen-bond acceptors (Lipinski definition) is 0. The maximum atomic E-state index is 2.28. The third-order valence-electron chi connectivity index (χ3n) is 3.08. The Hall–Kier alpha value is -0.780. The molecule has 0 heteroatoms. The Morgan fingerprint density at radius 2 is 2.00 bits per heavy atom. The minimum absolute atomic E-state index is 0.896. The van der Waals surface area contributed by atoms with E-state index in [9.17, 15) is 0 Å². The Morgan fingerprint density at radius 3 is 2.69 bits per heavy atom. The minimum atomic E-state index is 0.896. The van der Waals surface area contributed by atoms with Crippen molar-refractivity contribution < 1.29 is 0 Å². The molecule has 0 radical (unpaired) electrons. The highest BCUT2D eigenvalue weighted by molar-refractivity contribution is 5.25. The summed E-state index contributed by atoms with van der Waals surface area (Å²) in [5.74, 6) is 1.90. The molecule has 0 bridgehead atoms. The SMILES string of the molecule is CCCC[C@@H]1C[C@H]1c1ccccc1. The second-order valence-corrected chi connectivity index (χ2v) is 4.16. The summed E-state index contributed by atoms with van der Waals surface area (Å²) in [7, 11) is 0. The summed E-state index contributed by atoms with van der Waals surface area (Å²) in [4.78, 5) is 0. The summed E-state index contributed by atoms with van der Waals surface area (Å²) < 4.78 is 0. The van der Waals surface area contributed by atoms with Gasteiger partial charge in [-0.3, -0.25) is 0 Å². The quantitative estimate of drug-likeness (QED) is 0.647. The molecule has 13 heavy (non-hydrogen) atoms. The average molecular weight is 174 g/mol. The van der Waals surface area contributed by atoms with Gasteiger partial charge in [0.1, 0.15) is 0 Å². The van der Waals surface area contributed by atoms with Gasteiger partial charge < -0.3 is 0 Å². The first-order chi connectivity index (χ1) is 6.42. The largest absolute Gasteiger partial charge is 0.0654 e. The third-order valence-corrected chi connectivity index (χ3v) is 3.08. The first-order valence-electron chi connectivity index (χ1n) is 5.46. The van der Waals surface area contributed by atoms with Crippen molar-refractivity contribution in [2.45, 2.75) is 38.5 Å². The molecule has 1 aliphatic rings. The molecular formula is C13H18. The Kier molecular flexibility index (Phi) is 2.68. The maximum Gasteiger partial charge on any atom is -0.0131 e. The Morgan fingerprint density at radius 1 is 1.23 bits per heavy atom. The predicted octanol–water partition coefficient (Wildman–Crippen LogP) is 3.98. The highest BCUT2D eigenvalue weighted by Crippen LogP contribution is 2.50. The zero-order valence-corrected chi connectivity index (χ0v) is 8.37. The number of benzene rings is 1. The average Bonchev–Trinajstić information content (AvgIpc) is 2.95. The van der Waals surface area contributed by atoms with Crippen LogP contribution in [-0.2, 0) is 0 Å². The summed E-state index contributed by atoms with van der Waals surface area (Å²) in [6.07, 6.45) is 5.63. The molecule has 2 rings (SSSR count). The molecule has 0 saturated heterocycles. The summed E-state index contributed by atoms with van der Waals surface area (Å²) in [6, 6.07) is 11.0. The zero-order chi connectivity index (χ0) is 9.10. The van der Waals surface area contributed by atoms with Gasteiger partial charge in [0.25, 0.3) is 0 Å². The van der Waals surface area contributed by atoms with E-state index in [0.717, 1.165) is 11.8 Å². The van der Waals surface area contributed by atoms with E-state index in [-0.39, 0.29) is 0 Å². The van der Waals surface area contributed by atoms with Crippen LogP contribution < -0.4 is 0 Å². The summed E-state index contributed by atoms with van der Waals surface area (Å²) >= 11 is 0. The van der Waals surface area contributed by atoms with Gasteiger partial charge in [-0.2, -0.15) is 0 Å². The first-order valence-corrected chi connectivity index (χ1v) is 5.46. The fourth-order valence-corrected chi connectivity index (χ4v) is 2.14. The lowest BCUT2D eigenvalue weighted by molar-refractivity contribution is 0.640. The van der Waals surface area contributed by atoms with Gasteiger partial charge in [-0.1, -0.05) is 50.1 Å². The van der Waals surface area contributed by atoms with Crippen LogP contribution in [0.1, 0.15) is 44.1 Å². The molecular weight excluding hydrogens is 156 g/mol. The van der Waals surface area contributed by atoms with Crippen LogP contribution >= 0.6 is 0 Å². The molecule has 0 aliphatic heterocycles. The number of rotatable bonds is 4. The van der Waals surface area contributed by atoms with Crippen LogP contribution in [0.2, 0.25) is 0 Å². The van der Waals surface area contributed by atoms with Crippen LogP contribution in [0.25, 0.3) is 0 Å². The van der Waals surface area contributed by atoms with Crippen molar-refractivity contribution in [2.75, 3.05) is 0 Å². The molecule has 0 N–H and O–H groups in total. The van der Waals surface area contributed by atoms with Gasteiger partial charge in [0, 0.05) is 0 Å². The van der Waals surface area contributed by atoms with E-state index in [2.05, 4.69) is 37.3 Å². The summed E-state index contributed by atoms with van der Waals surface area (Å²) in [5, 5.41) is 0. The highest BCUT2D eigenvalue weighted by Gasteiger charge is 2.36. The van der Waals surface area contributed by atoms with E-state index in [0.29, 0.717) is 0 Å². The third kappa shape index (κ3) is 2.12. The van der Waals surface area contributed by atoms with Crippen LogP contribution in [0.3, 0.4) is 0 Å². The molecule has 1 aromatic carbocycles. The van der Waals surface area contributed by atoms with Gasteiger partial charge in [-0.25, -0.2) is 0 Å². The van der Waals surface area contributed by atoms with Crippen LogP contribution in [0.15, 0.2) is 30.3 Å². The van der Waals surface area contributed by atoms with Crippen LogP contribution in [0.5, 0.6) is 0 Å². The second kappa shape index (κ2) is 3.95. The van der Waals surface area contributed by atoms with Gasteiger partial charge in [-0.15, -0.1) is 0 Å². The molecule has 1 saturated carbocycles. The molecule has 0 nitrogen and oxygen atoms in total. The molecule has 70 valence electrons. The van der Waals surface area contributed by atoms with Crippen molar-refractivity contribution in [2.24, 2.45) is 5.92 Å². The lowest BCUT2D eigenvalue weighted by Crippen LogP contribution is -1.83. The van der Waals surface area contributed by atoms with Gasteiger partial charge in [-0.05, 0) is 30.2 Å². The van der Waals surface area contributed by atoms with Crippen LogP contribution in [-0.4, -0.2) is 0 Å². The monoisotopic (exact) mass is 174 g/mol. The predicted molar refractivity (Wildman–Crippen MR) is 56.8 cm³/mol. The smallest absolute Gasteiger partial charge is 0.0131 e. The van der Waals surface area contributed by atoms with E-state index in [1.807, 2.05) is 0 Å². The summed E-state index contributed by atoms with van der Waals surface area (Å²) in [6.45, 7) is 2.28. The summed E-state index contributed by atoms with van der Waals surface area (Å²) in [5.41, 5.74) is 1.56. The second-order valence-electron chi connectivity index (χ2n) is 4.16. The molecule has 0 aromatic heterocycles. The van der Waals surface area contributed by atoms with Gasteiger partial charge in [0.2, 0.25) is 0 Å². The Bertz CT molecular complexity index is 250. The Balaban J connectivity index is 1.86. The molecule has 0 heterocycles. The fraction of sp³-hybridized carbons (Fsp3) is 0.538. The van der Waals surface area contributed by atoms with Crippen molar-refractivity contribution in [3.05, 3.63) is 35.9 Å². The molecule has 1 aliphatic carbocycles. The topological polar surface area (TPSA) is 0 Å². The maximum absolute atomic E-state index is 2.28. The van der Waals surface area contributed by atoms with Gasteiger partial charge in [0.05, 0.1) is 0 Å². The number of unbranched alkanes of at least 4 members (excludes halogenated alkanes) is 1. The van der Waals surface area contributed by atoms with Crippen molar-refractivity contribution >= 4 is 0 Å². The molecule has 0 unspecified atom stereocenters. The van der Waals surface area contributed by atoms with E-state index >= 15 is 0 Å². The molecule has 1 fully saturated rings. The van der Waals surface area contributed by atoms with Crippen molar-refractivity contribution in [1.82, 2.24) is 0 Å². The van der Waals surface area contributed by atoms with Crippen LogP contribution in [0, 0.1) is 5.92 Å². The van der Waals surface area contributed by atoms with Crippen molar-refractivity contribution in [1.29, 1.82) is 0 Å². The normalized spacial score (nSPS) is 25.9.